The van der Waals surface area contributed by atoms with E-state index in [0.29, 0.717) is 16.6 Å². The van der Waals surface area contributed by atoms with Crippen molar-refractivity contribution >= 4 is 26.9 Å². The number of esters is 1. The molecule has 0 radical (unpaired) electrons. The van der Waals surface area contributed by atoms with E-state index in [1.54, 1.807) is 30.6 Å². The zero-order valence-corrected chi connectivity index (χ0v) is 19.5. The topological polar surface area (TPSA) is 109 Å². The average molecular weight is 478 g/mol. The summed E-state index contributed by atoms with van der Waals surface area (Å²) < 4.78 is 33.3. The van der Waals surface area contributed by atoms with Gasteiger partial charge in [-0.3, -0.25) is 9.78 Å². The molecule has 4 aromatic rings. The van der Waals surface area contributed by atoms with E-state index in [2.05, 4.69) is 9.97 Å². The fourth-order valence-corrected chi connectivity index (χ4v) is 5.10. The van der Waals surface area contributed by atoms with Crippen LogP contribution in [0.4, 0.5) is 0 Å². The Kier molecular flexibility index (Phi) is 6.58. The normalized spacial score (nSPS) is 11.6. The Morgan fingerprint density at radius 3 is 2.62 bits per heavy atom. The Morgan fingerprint density at radius 2 is 1.88 bits per heavy atom. The summed E-state index contributed by atoms with van der Waals surface area (Å²) in [6.45, 7) is 1.76. The van der Waals surface area contributed by atoms with E-state index in [4.69, 9.17) is 4.74 Å². The SMILES string of the molecule is COC(=O)c1cccc(S(=O)(=O)N(Cc2cccnc2)Cc2cc3cc(C)ccc3[nH]c2=O)c1. The third-order valence-corrected chi connectivity index (χ3v) is 7.19. The third-order valence-electron chi connectivity index (χ3n) is 5.40. The lowest BCUT2D eigenvalue weighted by molar-refractivity contribution is 0.0600. The van der Waals surface area contributed by atoms with Crippen LogP contribution < -0.4 is 5.56 Å². The van der Waals surface area contributed by atoms with Crippen LogP contribution in [-0.4, -0.2) is 35.8 Å². The summed E-state index contributed by atoms with van der Waals surface area (Å²) in [5, 5.41) is 0.806. The molecular weight excluding hydrogens is 454 g/mol. The van der Waals surface area contributed by atoms with E-state index in [1.807, 2.05) is 25.1 Å². The summed E-state index contributed by atoms with van der Waals surface area (Å²) >= 11 is 0. The van der Waals surface area contributed by atoms with Gasteiger partial charge in [0.1, 0.15) is 0 Å². The minimum Gasteiger partial charge on any atom is -0.465 e. The van der Waals surface area contributed by atoms with Crippen LogP contribution in [0, 0.1) is 6.92 Å². The van der Waals surface area contributed by atoms with Gasteiger partial charge in [-0.25, -0.2) is 13.2 Å². The summed E-state index contributed by atoms with van der Waals surface area (Å²) in [6, 6.07) is 16.4. The number of hydrogen-bond acceptors (Lipinski definition) is 6. The van der Waals surface area contributed by atoms with Gasteiger partial charge < -0.3 is 9.72 Å². The van der Waals surface area contributed by atoms with Crippen LogP contribution in [0.2, 0.25) is 0 Å². The van der Waals surface area contributed by atoms with Crippen molar-refractivity contribution in [3.63, 3.8) is 0 Å². The number of aromatic nitrogens is 2. The summed E-state index contributed by atoms with van der Waals surface area (Å²) in [6.07, 6.45) is 3.17. The Balaban J connectivity index is 1.79. The van der Waals surface area contributed by atoms with Crippen molar-refractivity contribution in [3.8, 4) is 0 Å². The molecule has 0 fully saturated rings. The minimum absolute atomic E-state index is 0.0100. The molecule has 0 amide bonds. The second-order valence-corrected chi connectivity index (χ2v) is 9.81. The zero-order chi connectivity index (χ0) is 24.3. The van der Waals surface area contributed by atoms with E-state index in [0.717, 1.165) is 10.9 Å². The smallest absolute Gasteiger partial charge is 0.337 e. The Bertz CT molecular complexity index is 1510. The molecule has 0 saturated heterocycles. The van der Waals surface area contributed by atoms with E-state index < -0.39 is 16.0 Å². The molecule has 4 rings (SSSR count). The Labute approximate surface area is 196 Å². The highest BCUT2D eigenvalue weighted by atomic mass is 32.2. The lowest BCUT2D eigenvalue weighted by atomic mass is 10.1. The molecule has 2 aromatic carbocycles. The van der Waals surface area contributed by atoms with Crippen LogP contribution >= 0.6 is 0 Å². The number of carbonyl (C=O) groups excluding carboxylic acids is 1. The lowest BCUT2D eigenvalue weighted by Crippen LogP contribution is -2.32. The molecule has 34 heavy (non-hydrogen) atoms. The van der Waals surface area contributed by atoms with E-state index in [1.165, 1.54) is 35.7 Å². The summed E-state index contributed by atoms with van der Waals surface area (Å²) in [4.78, 5) is 31.6. The third kappa shape index (κ3) is 4.90. The van der Waals surface area contributed by atoms with Crippen LogP contribution in [0.25, 0.3) is 10.9 Å². The number of rotatable bonds is 7. The molecule has 174 valence electrons. The molecule has 2 heterocycles. The van der Waals surface area contributed by atoms with Crippen molar-refractivity contribution in [2.45, 2.75) is 24.9 Å². The molecular formula is C25H23N3O5S. The minimum atomic E-state index is -4.09. The van der Waals surface area contributed by atoms with Crippen LogP contribution in [0.15, 0.2) is 82.7 Å². The lowest BCUT2D eigenvalue weighted by Gasteiger charge is -2.22. The first-order chi connectivity index (χ1) is 16.3. The highest BCUT2D eigenvalue weighted by molar-refractivity contribution is 7.89. The summed E-state index contributed by atoms with van der Waals surface area (Å²) in [5.74, 6) is -0.641. The first-order valence-electron chi connectivity index (χ1n) is 10.5. The number of sulfonamides is 1. The number of nitrogens with one attached hydrogen (secondary N) is 1. The highest BCUT2D eigenvalue weighted by Gasteiger charge is 2.27. The summed E-state index contributed by atoms with van der Waals surface area (Å²) in [5.41, 5.74) is 2.39. The molecule has 2 aromatic heterocycles. The fourth-order valence-electron chi connectivity index (χ4n) is 3.65. The molecule has 0 aliphatic heterocycles. The van der Waals surface area contributed by atoms with Crippen LogP contribution in [0.3, 0.4) is 0 Å². The van der Waals surface area contributed by atoms with E-state index in [-0.39, 0.29) is 29.1 Å². The quantitative estimate of drug-likeness (QED) is 0.409. The van der Waals surface area contributed by atoms with Crippen LogP contribution in [0.1, 0.15) is 27.0 Å². The standard InChI is InChI=1S/C25H23N3O5S/c1-17-8-9-23-20(11-17)12-21(24(29)27-23)16-28(15-18-5-4-10-26-14-18)34(31,32)22-7-3-6-19(13-22)25(30)33-2/h3-14H,15-16H2,1-2H3,(H,27,29). The van der Waals surface area contributed by atoms with Gasteiger partial charge in [0.15, 0.2) is 0 Å². The largest absolute Gasteiger partial charge is 0.465 e. The molecule has 1 N–H and O–H groups in total. The number of aryl methyl sites for hydroxylation is 1. The van der Waals surface area contributed by atoms with Gasteiger partial charge in [0.2, 0.25) is 10.0 Å². The fraction of sp³-hybridized carbons (Fsp3) is 0.160. The molecule has 0 aliphatic rings. The van der Waals surface area contributed by atoms with Gasteiger partial charge in [0.05, 0.1) is 17.6 Å². The average Bonchev–Trinajstić information content (AvgIpc) is 2.84. The van der Waals surface area contributed by atoms with Crippen molar-refractivity contribution in [3.05, 3.63) is 106 Å². The van der Waals surface area contributed by atoms with Crippen LogP contribution in [0.5, 0.6) is 0 Å². The number of benzene rings is 2. The maximum Gasteiger partial charge on any atom is 0.337 e. The van der Waals surface area contributed by atoms with E-state index in [9.17, 15) is 18.0 Å². The monoisotopic (exact) mass is 477 g/mol. The molecule has 8 nitrogen and oxygen atoms in total. The molecule has 0 aliphatic carbocycles. The number of fused-ring (bicyclic) bond motifs is 1. The van der Waals surface area contributed by atoms with E-state index >= 15 is 0 Å². The number of ether oxygens (including phenoxy) is 1. The number of methoxy groups -OCH3 is 1. The van der Waals surface area contributed by atoms with Gasteiger partial charge in [0.25, 0.3) is 5.56 Å². The number of aromatic amines is 1. The van der Waals surface area contributed by atoms with Crippen molar-refractivity contribution in [1.82, 2.24) is 14.3 Å². The summed E-state index contributed by atoms with van der Waals surface area (Å²) in [7, 11) is -2.87. The van der Waals surface area contributed by atoms with Crippen molar-refractivity contribution < 1.29 is 17.9 Å². The number of H-pyrrole nitrogens is 1. The van der Waals surface area contributed by atoms with Crippen molar-refractivity contribution in [2.24, 2.45) is 0 Å². The van der Waals surface area contributed by atoms with Gasteiger partial charge in [-0.05, 0) is 60.3 Å². The molecule has 0 spiro atoms. The van der Waals surface area contributed by atoms with Crippen molar-refractivity contribution in [1.29, 1.82) is 0 Å². The predicted molar refractivity (Wildman–Crippen MR) is 128 cm³/mol. The highest BCUT2D eigenvalue weighted by Crippen LogP contribution is 2.23. The second kappa shape index (κ2) is 9.58. The van der Waals surface area contributed by atoms with Gasteiger partial charge in [-0.15, -0.1) is 0 Å². The van der Waals surface area contributed by atoms with Gasteiger partial charge >= 0.3 is 5.97 Å². The Morgan fingerprint density at radius 1 is 1.06 bits per heavy atom. The number of nitrogens with zero attached hydrogens (tertiary/aromatic N) is 2. The predicted octanol–water partition coefficient (Wildman–Crippen LogP) is 3.41. The Hall–Kier alpha value is -3.82. The number of carbonyl (C=O) groups is 1. The first kappa shape index (κ1) is 23.3. The van der Waals surface area contributed by atoms with Gasteiger partial charge in [0, 0.05) is 36.6 Å². The second-order valence-electron chi connectivity index (χ2n) is 7.87. The molecule has 0 atom stereocenters. The zero-order valence-electron chi connectivity index (χ0n) is 18.7. The first-order valence-corrected chi connectivity index (χ1v) is 11.9. The maximum atomic E-state index is 13.7. The number of hydrogen-bond donors (Lipinski definition) is 1. The van der Waals surface area contributed by atoms with Gasteiger partial charge in [-0.1, -0.05) is 23.8 Å². The molecule has 0 saturated carbocycles. The van der Waals surface area contributed by atoms with Crippen LogP contribution in [-0.2, 0) is 27.8 Å². The maximum absolute atomic E-state index is 13.7. The van der Waals surface area contributed by atoms with Gasteiger partial charge in [-0.2, -0.15) is 4.31 Å². The molecule has 0 unspecified atom stereocenters. The van der Waals surface area contributed by atoms with Crippen molar-refractivity contribution in [2.75, 3.05) is 7.11 Å². The molecule has 9 heteroatoms. The number of pyridine rings is 2. The molecule has 0 bridgehead atoms.